The Balaban J connectivity index is 1.89. The molecule has 0 atom stereocenters. The van der Waals surface area contributed by atoms with Crippen molar-refractivity contribution < 1.29 is 0 Å². The van der Waals surface area contributed by atoms with Gasteiger partial charge in [-0.2, -0.15) is 5.10 Å². The van der Waals surface area contributed by atoms with Crippen LogP contribution in [-0.4, -0.2) is 15.2 Å². The lowest BCUT2D eigenvalue weighted by Gasteiger charge is -2.06. The van der Waals surface area contributed by atoms with Crippen LogP contribution in [0, 0.1) is 6.92 Å². The van der Waals surface area contributed by atoms with Gasteiger partial charge in [0.05, 0.1) is 11.2 Å². The highest BCUT2D eigenvalue weighted by Gasteiger charge is 2.07. The Kier molecular flexibility index (Phi) is 3.08. The van der Waals surface area contributed by atoms with Crippen molar-refractivity contribution in [3.05, 3.63) is 76.7 Å². The van der Waals surface area contributed by atoms with Crippen LogP contribution >= 0.6 is 0 Å². The SMILES string of the molecule is Cc1n[nH]c2ccc(-c3cc(-c4ccccc4)[nH]c(=O)c3)cc12. The number of hydrogen-bond donors (Lipinski definition) is 2. The summed E-state index contributed by atoms with van der Waals surface area (Å²) in [6.45, 7) is 1.97. The summed E-state index contributed by atoms with van der Waals surface area (Å²) in [6.07, 6.45) is 0. The van der Waals surface area contributed by atoms with E-state index in [4.69, 9.17) is 0 Å². The number of nitrogens with one attached hydrogen (secondary N) is 2. The van der Waals surface area contributed by atoms with Gasteiger partial charge < -0.3 is 4.98 Å². The molecule has 0 spiro atoms. The first-order valence-corrected chi connectivity index (χ1v) is 7.45. The summed E-state index contributed by atoms with van der Waals surface area (Å²) >= 11 is 0. The Hall–Kier alpha value is -3.14. The first kappa shape index (κ1) is 13.5. The molecule has 0 amide bonds. The maximum absolute atomic E-state index is 12.1. The Labute approximate surface area is 132 Å². The number of pyridine rings is 1. The van der Waals surface area contributed by atoms with E-state index < -0.39 is 0 Å². The summed E-state index contributed by atoms with van der Waals surface area (Å²) in [6, 6.07) is 19.5. The smallest absolute Gasteiger partial charge is 0.249 e. The Morgan fingerprint density at radius 2 is 1.70 bits per heavy atom. The second-order valence-electron chi connectivity index (χ2n) is 5.58. The standard InChI is InChI=1S/C19H15N3O/c1-12-16-9-14(7-8-17(16)22-21-12)15-10-18(20-19(23)11-15)13-5-3-2-4-6-13/h2-11H,1H3,(H,20,23)(H,21,22). The van der Waals surface area contributed by atoms with Crippen LogP contribution in [0.1, 0.15) is 5.69 Å². The van der Waals surface area contributed by atoms with E-state index in [1.165, 1.54) is 0 Å². The van der Waals surface area contributed by atoms with E-state index >= 15 is 0 Å². The van der Waals surface area contributed by atoms with Gasteiger partial charge in [0, 0.05) is 17.1 Å². The van der Waals surface area contributed by atoms with Crippen molar-refractivity contribution in [3.63, 3.8) is 0 Å². The molecule has 0 aliphatic carbocycles. The minimum Gasteiger partial charge on any atom is -0.322 e. The van der Waals surface area contributed by atoms with Gasteiger partial charge in [-0.1, -0.05) is 36.4 Å². The molecule has 4 nitrogen and oxygen atoms in total. The molecule has 0 fully saturated rings. The molecule has 0 radical (unpaired) electrons. The molecule has 2 heterocycles. The summed E-state index contributed by atoms with van der Waals surface area (Å²) in [7, 11) is 0. The van der Waals surface area contributed by atoms with E-state index in [0.29, 0.717) is 0 Å². The minimum absolute atomic E-state index is 0.106. The van der Waals surface area contributed by atoms with E-state index in [0.717, 1.165) is 39.0 Å². The fourth-order valence-electron chi connectivity index (χ4n) is 2.81. The van der Waals surface area contributed by atoms with E-state index in [9.17, 15) is 4.79 Å². The molecule has 4 heteroatoms. The molecule has 23 heavy (non-hydrogen) atoms. The average molecular weight is 301 g/mol. The van der Waals surface area contributed by atoms with E-state index in [-0.39, 0.29) is 5.56 Å². The van der Waals surface area contributed by atoms with E-state index in [1.54, 1.807) is 6.07 Å². The van der Waals surface area contributed by atoms with Crippen LogP contribution in [0.4, 0.5) is 0 Å². The van der Waals surface area contributed by atoms with Crippen molar-refractivity contribution in [1.29, 1.82) is 0 Å². The van der Waals surface area contributed by atoms with Gasteiger partial charge in [-0.15, -0.1) is 0 Å². The van der Waals surface area contributed by atoms with Gasteiger partial charge in [-0.25, -0.2) is 0 Å². The fraction of sp³-hybridized carbons (Fsp3) is 0.0526. The zero-order valence-electron chi connectivity index (χ0n) is 12.6. The maximum Gasteiger partial charge on any atom is 0.249 e. The highest BCUT2D eigenvalue weighted by atomic mass is 16.1. The van der Waals surface area contributed by atoms with Crippen molar-refractivity contribution in [2.24, 2.45) is 0 Å². The maximum atomic E-state index is 12.1. The molecule has 0 unspecified atom stereocenters. The number of fused-ring (bicyclic) bond motifs is 1. The number of hydrogen-bond acceptors (Lipinski definition) is 2. The molecule has 4 rings (SSSR count). The van der Waals surface area contributed by atoms with Crippen molar-refractivity contribution in [3.8, 4) is 22.4 Å². The molecule has 0 saturated heterocycles. The molecule has 0 bridgehead atoms. The van der Waals surface area contributed by atoms with E-state index in [2.05, 4.69) is 21.2 Å². The van der Waals surface area contributed by atoms with Crippen LogP contribution in [0.25, 0.3) is 33.3 Å². The molecule has 4 aromatic rings. The third-order valence-electron chi connectivity index (χ3n) is 4.02. The monoisotopic (exact) mass is 301 g/mol. The van der Waals surface area contributed by atoms with Gasteiger partial charge in [-0.05, 0) is 41.8 Å². The van der Waals surface area contributed by atoms with Gasteiger partial charge in [0.25, 0.3) is 0 Å². The molecule has 2 aromatic carbocycles. The van der Waals surface area contributed by atoms with Crippen LogP contribution in [0.3, 0.4) is 0 Å². The number of nitrogens with zero attached hydrogens (tertiary/aromatic N) is 1. The molecular formula is C19H15N3O. The Morgan fingerprint density at radius 3 is 2.52 bits per heavy atom. The van der Waals surface area contributed by atoms with Crippen LogP contribution in [0.5, 0.6) is 0 Å². The van der Waals surface area contributed by atoms with Crippen LogP contribution in [-0.2, 0) is 0 Å². The molecule has 2 N–H and O–H groups in total. The molecule has 112 valence electrons. The predicted octanol–water partition coefficient (Wildman–Crippen LogP) is 3.89. The number of aromatic amines is 2. The first-order valence-electron chi connectivity index (χ1n) is 7.45. The lowest BCUT2D eigenvalue weighted by molar-refractivity contribution is 1.07. The molecule has 0 saturated carbocycles. The van der Waals surface area contributed by atoms with Crippen LogP contribution in [0.15, 0.2) is 65.5 Å². The second-order valence-corrected chi connectivity index (χ2v) is 5.58. The van der Waals surface area contributed by atoms with Crippen LogP contribution in [0.2, 0.25) is 0 Å². The fourth-order valence-corrected chi connectivity index (χ4v) is 2.81. The third-order valence-corrected chi connectivity index (χ3v) is 4.02. The zero-order chi connectivity index (χ0) is 15.8. The van der Waals surface area contributed by atoms with E-state index in [1.807, 2.05) is 55.5 Å². The second kappa shape index (κ2) is 5.25. The number of benzene rings is 2. The molecule has 0 aliphatic heterocycles. The van der Waals surface area contributed by atoms with Gasteiger partial charge in [0.15, 0.2) is 0 Å². The van der Waals surface area contributed by atoms with Gasteiger partial charge in [-0.3, -0.25) is 9.89 Å². The van der Waals surface area contributed by atoms with Crippen molar-refractivity contribution in [1.82, 2.24) is 15.2 Å². The van der Waals surface area contributed by atoms with Crippen LogP contribution < -0.4 is 5.56 Å². The van der Waals surface area contributed by atoms with Gasteiger partial charge >= 0.3 is 0 Å². The van der Waals surface area contributed by atoms with Crippen molar-refractivity contribution in [2.75, 3.05) is 0 Å². The average Bonchev–Trinajstić information content (AvgIpc) is 2.96. The summed E-state index contributed by atoms with van der Waals surface area (Å²) in [5.74, 6) is 0. The van der Waals surface area contributed by atoms with Gasteiger partial charge in [0.2, 0.25) is 5.56 Å². The van der Waals surface area contributed by atoms with Gasteiger partial charge in [0.1, 0.15) is 0 Å². The number of aromatic nitrogens is 3. The highest BCUT2D eigenvalue weighted by Crippen LogP contribution is 2.26. The van der Waals surface area contributed by atoms with Crippen molar-refractivity contribution >= 4 is 10.9 Å². The normalized spacial score (nSPS) is 11.0. The number of aryl methyl sites for hydroxylation is 1. The lowest BCUT2D eigenvalue weighted by Crippen LogP contribution is -2.05. The number of H-pyrrole nitrogens is 2. The summed E-state index contributed by atoms with van der Waals surface area (Å²) in [4.78, 5) is 15.0. The number of rotatable bonds is 2. The third kappa shape index (κ3) is 2.44. The largest absolute Gasteiger partial charge is 0.322 e. The quantitative estimate of drug-likeness (QED) is 0.590. The summed E-state index contributed by atoms with van der Waals surface area (Å²) in [5.41, 5.74) is 5.56. The molecule has 0 aliphatic rings. The Morgan fingerprint density at radius 1 is 0.870 bits per heavy atom. The van der Waals surface area contributed by atoms with Crippen molar-refractivity contribution in [2.45, 2.75) is 6.92 Å². The molecule has 2 aromatic heterocycles. The molecular weight excluding hydrogens is 286 g/mol. The highest BCUT2D eigenvalue weighted by molar-refractivity contribution is 5.86. The zero-order valence-corrected chi connectivity index (χ0v) is 12.6. The predicted molar refractivity (Wildman–Crippen MR) is 92.3 cm³/mol. The summed E-state index contributed by atoms with van der Waals surface area (Å²) < 4.78 is 0. The summed E-state index contributed by atoms with van der Waals surface area (Å²) in [5, 5.41) is 8.29. The first-order chi connectivity index (χ1) is 11.2. The topological polar surface area (TPSA) is 61.5 Å². The lowest BCUT2D eigenvalue weighted by atomic mass is 10.0. The minimum atomic E-state index is -0.106. The Bertz CT molecular complexity index is 1050.